The lowest BCUT2D eigenvalue weighted by Gasteiger charge is -2.11. The van der Waals surface area contributed by atoms with Gasteiger partial charge < -0.3 is 5.32 Å². The molecule has 1 N–H and O–H groups in total. The van der Waals surface area contributed by atoms with Crippen molar-refractivity contribution >= 4 is 0 Å². The quantitative estimate of drug-likeness (QED) is 0.803. The van der Waals surface area contributed by atoms with Crippen molar-refractivity contribution in [2.45, 2.75) is 33.2 Å². The molecule has 0 aliphatic rings. The molecule has 0 amide bonds. The zero-order valence-corrected chi connectivity index (χ0v) is 11.9. The van der Waals surface area contributed by atoms with Crippen molar-refractivity contribution < 1.29 is 0 Å². The summed E-state index contributed by atoms with van der Waals surface area (Å²) in [4.78, 5) is 0. The predicted octanol–water partition coefficient (Wildman–Crippen LogP) is 4.42. The minimum absolute atomic E-state index is 0.935. The van der Waals surface area contributed by atoms with E-state index >= 15 is 0 Å². The van der Waals surface area contributed by atoms with Crippen molar-refractivity contribution in [2.24, 2.45) is 0 Å². The zero-order valence-electron chi connectivity index (χ0n) is 11.9. The van der Waals surface area contributed by atoms with Gasteiger partial charge in [0.1, 0.15) is 0 Å². The van der Waals surface area contributed by atoms with E-state index in [2.05, 4.69) is 67.7 Å². The zero-order chi connectivity index (χ0) is 13.5. The second kappa shape index (κ2) is 7.10. The molecule has 2 rings (SSSR count). The highest BCUT2D eigenvalue weighted by atomic mass is 14.8. The lowest BCUT2D eigenvalue weighted by Crippen LogP contribution is -2.12. The van der Waals surface area contributed by atoms with Crippen molar-refractivity contribution in [2.75, 3.05) is 6.54 Å². The van der Waals surface area contributed by atoms with Gasteiger partial charge in [0.2, 0.25) is 0 Å². The van der Waals surface area contributed by atoms with Crippen LogP contribution in [0.5, 0.6) is 0 Å². The van der Waals surface area contributed by atoms with E-state index in [1.54, 1.807) is 0 Å². The first-order valence-corrected chi connectivity index (χ1v) is 7.23. The lowest BCUT2D eigenvalue weighted by molar-refractivity contribution is 0.728. The maximum absolute atomic E-state index is 3.41. The van der Waals surface area contributed by atoms with Gasteiger partial charge in [-0.15, -0.1) is 0 Å². The molecule has 0 fully saturated rings. The van der Waals surface area contributed by atoms with Crippen molar-refractivity contribution in [1.29, 1.82) is 0 Å². The Bertz CT molecular complexity index is 517. The summed E-state index contributed by atoms with van der Waals surface area (Å²) in [5.74, 6) is 0. The molecule has 2 aromatic rings. The van der Waals surface area contributed by atoms with Gasteiger partial charge in [0.05, 0.1) is 0 Å². The fourth-order valence-electron chi connectivity index (χ4n) is 2.40. The van der Waals surface area contributed by atoms with Gasteiger partial charge in [0.25, 0.3) is 0 Å². The number of hydrogen-bond acceptors (Lipinski definition) is 1. The minimum atomic E-state index is 0.935. The Kier molecular flexibility index (Phi) is 5.17. The molecule has 0 saturated carbocycles. The Balaban J connectivity index is 2.32. The lowest BCUT2D eigenvalue weighted by atomic mass is 9.97. The molecule has 0 radical (unpaired) electrons. The molecule has 0 aliphatic heterocycles. The third-order valence-electron chi connectivity index (χ3n) is 3.36. The molecule has 0 aliphatic carbocycles. The fourth-order valence-corrected chi connectivity index (χ4v) is 2.40. The molecule has 0 heterocycles. The molecule has 1 heteroatoms. The van der Waals surface area contributed by atoms with Crippen LogP contribution in [0.2, 0.25) is 0 Å². The summed E-state index contributed by atoms with van der Waals surface area (Å²) in [5, 5.41) is 3.41. The molecule has 1 nitrogen and oxygen atoms in total. The molecule has 19 heavy (non-hydrogen) atoms. The Morgan fingerprint density at radius 1 is 0.947 bits per heavy atom. The van der Waals surface area contributed by atoms with Gasteiger partial charge in [-0.1, -0.05) is 68.8 Å². The molecule has 0 bridgehead atoms. The van der Waals surface area contributed by atoms with E-state index < -0.39 is 0 Å². The maximum Gasteiger partial charge on any atom is 0.0211 e. The second-order valence-corrected chi connectivity index (χ2v) is 4.89. The Labute approximate surface area is 116 Å². The molecule has 0 atom stereocenters. The van der Waals surface area contributed by atoms with E-state index in [1.807, 2.05) is 0 Å². The van der Waals surface area contributed by atoms with Crippen LogP contribution >= 0.6 is 0 Å². The number of nitrogens with one attached hydrogen (secondary N) is 1. The topological polar surface area (TPSA) is 12.0 Å². The van der Waals surface area contributed by atoms with Crippen LogP contribution in [-0.4, -0.2) is 6.54 Å². The predicted molar refractivity (Wildman–Crippen MR) is 83.3 cm³/mol. The highest BCUT2D eigenvalue weighted by molar-refractivity contribution is 5.68. The van der Waals surface area contributed by atoms with Gasteiger partial charge >= 0.3 is 0 Å². The third kappa shape index (κ3) is 3.68. The summed E-state index contributed by atoms with van der Waals surface area (Å²) in [6.45, 7) is 6.31. The molecular weight excluding hydrogens is 230 g/mol. The highest BCUT2D eigenvalue weighted by Crippen LogP contribution is 2.25. The summed E-state index contributed by atoms with van der Waals surface area (Å²) in [6, 6.07) is 17.6. The van der Waals surface area contributed by atoms with Crippen LogP contribution < -0.4 is 5.32 Å². The van der Waals surface area contributed by atoms with Gasteiger partial charge in [0, 0.05) is 6.54 Å². The first kappa shape index (κ1) is 13.8. The van der Waals surface area contributed by atoms with Crippen LogP contribution in [0.25, 0.3) is 11.1 Å². The summed E-state index contributed by atoms with van der Waals surface area (Å²) in [5.41, 5.74) is 5.48. The molecular formula is C18H23N. The van der Waals surface area contributed by atoms with Crippen molar-refractivity contribution in [1.82, 2.24) is 5.32 Å². The van der Waals surface area contributed by atoms with Crippen molar-refractivity contribution in [3.63, 3.8) is 0 Å². The van der Waals surface area contributed by atoms with E-state index in [9.17, 15) is 0 Å². The monoisotopic (exact) mass is 253 g/mol. The summed E-state index contributed by atoms with van der Waals surface area (Å²) in [7, 11) is 0. The van der Waals surface area contributed by atoms with Gasteiger partial charge in [-0.05, 0) is 35.2 Å². The average molecular weight is 253 g/mol. The van der Waals surface area contributed by atoms with Gasteiger partial charge in [-0.3, -0.25) is 0 Å². The van der Waals surface area contributed by atoms with E-state index in [1.165, 1.54) is 28.7 Å². The molecule has 100 valence electrons. The number of aryl methyl sites for hydroxylation is 1. The first-order chi connectivity index (χ1) is 9.35. The SMILES string of the molecule is CCCc1cccc(-c2ccccc2CNCC)c1. The molecule has 0 aromatic heterocycles. The second-order valence-electron chi connectivity index (χ2n) is 4.89. The maximum atomic E-state index is 3.41. The van der Waals surface area contributed by atoms with Crippen LogP contribution in [0, 0.1) is 0 Å². The van der Waals surface area contributed by atoms with E-state index in [4.69, 9.17) is 0 Å². The smallest absolute Gasteiger partial charge is 0.0211 e. The minimum Gasteiger partial charge on any atom is -0.313 e. The number of hydrogen-bond donors (Lipinski definition) is 1. The molecule has 2 aromatic carbocycles. The molecule has 0 spiro atoms. The van der Waals surface area contributed by atoms with Crippen LogP contribution in [0.15, 0.2) is 48.5 Å². The summed E-state index contributed by atoms with van der Waals surface area (Å²) >= 11 is 0. The van der Waals surface area contributed by atoms with Crippen LogP contribution in [0.4, 0.5) is 0 Å². The van der Waals surface area contributed by atoms with Crippen molar-refractivity contribution in [3.8, 4) is 11.1 Å². The number of rotatable bonds is 6. The van der Waals surface area contributed by atoms with Crippen LogP contribution in [0.1, 0.15) is 31.4 Å². The van der Waals surface area contributed by atoms with Gasteiger partial charge in [-0.2, -0.15) is 0 Å². The summed E-state index contributed by atoms with van der Waals surface area (Å²) in [6.07, 6.45) is 2.35. The largest absolute Gasteiger partial charge is 0.313 e. The first-order valence-electron chi connectivity index (χ1n) is 7.23. The summed E-state index contributed by atoms with van der Waals surface area (Å²) < 4.78 is 0. The Hall–Kier alpha value is -1.60. The Morgan fingerprint density at radius 3 is 2.58 bits per heavy atom. The van der Waals surface area contributed by atoms with E-state index in [-0.39, 0.29) is 0 Å². The molecule has 0 unspecified atom stereocenters. The van der Waals surface area contributed by atoms with E-state index in [0.717, 1.165) is 19.5 Å². The van der Waals surface area contributed by atoms with Gasteiger partial charge in [0.15, 0.2) is 0 Å². The van der Waals surface area contributed by atoms with Crippen LogP contribution in [0.3, 0.4) is 0 Å². The fraction of sp³-hybridized carbons (Fsp3) is 0.333. The third-order valence-corrected chi connectivity index (χ3v) is 3.36. The standard InChI is InChI=1S/C18H23N/c1-3-8-15-9-7-11-16(13-15)18-12-6-5-10-17(18)14-19-4-2/h5-7,9-13,19H,3-4,8,14H2,1-2H3. The molecule has 0 saturated heterocycles. The van der Waals surface area contributed by atoms with Crippen LogP contribution in [-0.2, 0) is 13.0 Å². The normalized spacial score (nSPS) is 10.6. The van der Waals surface area contributed by atoms with E-state index in [0.29, 0.717) is 0 Å². The van der Waals surface area contributed by atoms with Gasteiger partial charge in [-0.25, -0.2) is 0 Å². The number of benzene rings is 2. The highest BCUT2D eigenvalue weighted by Gasteiger charge is 2.04. The average Bonchev–Trinajstić information content (AvgIpc) is 2.46. The van der Waals surface area contributed by atoms with Crippen molar-refractivity contribution in [3.05, 3.63) is 59.7 Å². The Morgan fingerprint density at radius 2 is 1.79 bits per heavy atom.